The standard InChI is InChI=1S/C21H14Cl3NO3/c1-12-5-7-13(8-6-12)21(27)28-18-10-15(22)9-14(20(18)26)11-25-17-4-2-3-16(23)19(17)24/h2-11,26H,1H3. The van der Waals surface area contributed by atoms with E-state index in [0.29, 0.717) is 16.3 Å². The van der Waals surface area contributed by atoms with E-state index in [4.69, 9.17) is 39.5 Å². The number of aromatic hydroxyl groups is 1. The summed E-state index contributed by atoms with van der Waals surface area (Å²) in [6, 6.07) is 14.7. The minimum absolute atomic E-state index is 0.0725. The summed E-state index contributed by atoms with van der Waals surface area (Å²) in [5.41, 5.74) is 2.05. The van der Waals surface area contributed by atoms with Crippen LogP contribution in [0.5, 0.6) is 11.5 Å². The van der Waals surface area contributed by atoms with Crippen molar-refractivity contribution in [3.05, 3.63) is 86.4 Å². The number of rotatable bonds is 4. The molecule has 28 heavy (non-hydrogen) atoms. The number of phenolic OH excluding ortho intramolecular Hbond substituents is 1. The molecule has 0 spiro atoms. The van der Waals surface area contributed by atoms with E-state index in [9.17, 15) is 9.90 Å². The molecule has 0 radical (unpaired) electrons. The molecule has 7 heteroatoms. The van der Waals surface area contributed by atoms with Gasteiger partial charge in [-0.15, -0.1) is 0 Å². The van der Waals surface area contributed by atoms with Crippen LogP contribution in [0, 0.1) is 6.92 Å². The molecular weight excluding hydrogens is 421 g/mol. The summed E-state index contributed by atoms with van der Waals surface area (Å²) in [6.07, 6.45) is 1.36. The molecule has 0 amide bonds. The van der Waals surface area contributed by atoms with E-state index in [-0.39, 0.29) is 27.1 Å². The number of hydrogen-bond acceptors (Lipinski definition) is 4. The smallest absolute Gasteiger partial charge is 0.343 e. The number of aryl methyl sites for hydroxylation is 1. The molecule has 0 heterocycles. The van der Waals surface area contributed by atoms with E-state index >= 15 is 0 Å². The van der Waals surface area contributed by atoms with Crippen molar-refractivity contribution < 1.29 is 14.6 Å². The highest BCUT2D eigenvalue weighted by Crippen LogP contribution is 2.35. The van der Waals surface area contributed by atoms with Gasteiger partial charge >= 0.3 is 5.97 Å². The van der Waals surface area contributed by atoms with Crippen molar-refractivity contribution in [2.24, 2.45) is 4.99 Å². The Labute approximate surface area is 177 Å². The number of esters is 1. The van der Waals surface area contributed by atoms with Crippen molar-refractivity contribution in [2.45, 2.75) is 6.92 Å². The van der Waals surface area contributed by atoms with E-state index in [1.807, 2.05) is 6.92 Å². The zero-order chi connectivity index (χ0) is 20.3. The number of hydrogen-bond donors (Lipinski definition) is 1. The van der Waals surface area contributed by atoms with Crippen LogP contribution >= 0.6 is 34.8 Å². The molecule has 0 saturated carbocycles. The average molecular weight is 435 g/mol. The van der Waals surface area contributed by atoms with Gasteiger partial charge < -0.3 is 9.84 Å². The fourth-order valence-corrected chi connectivity index (χ4v) is 2.91. The number of nitrogens with zero attached hydrogens (tertiary/aromatic N) is 1. The van der Waals surface area contributed by atoms with Gasteiger partial charge in [0.15, 0.2) is 11.5 Å². The van der Waals surface area contributed by atoms with E-state index in [0.717, 1.165) is 5.56 Å². The minimum atomic E-state index is -0.613. The highest BCUT2D eigenvalue weighted by Gasteiger charge is 2.15. The third-order valence-corrected chi connectivity index (χ3v) is 4.86. The molecule has 0 aromatic heterocycles. The van der Waals surface area contributed by atoms with E-state index < -0.39 is 5.97 Å². The van der Waals surface area contributed by atoms with Gasteiger partial charge in [0.1, 0.15) is 0 Å². The summed E-state index contributed by atoms with van der Waals surface area (Å²) < 4.78 is 5.31. The Bertz CT molecular complexity index is 1060. The van der Waals surface area contributed by atoms with Crippen LogP contribution in [0.15, 0.2) is 59.6 Å². The average Bonchev–Trinajstić information content (AvgIpc) is 2.66. The molecule has 3 aromatic carbocycles. The predicted molar refractivity (Wildman–Crippen MR) is 113 cm³/mol. The molecule has 3 aromatic rings. The normalized spacial score (nSPS) is 11.0. The van der Waals surface area contributed by atoms with E-state index in [2.05, 4.69) is 4.99 Å². The molecule has 0 aliphatic heterocycles. The lowest BCUT2D eigenvalue weighted by atomic mass is 10.1. The summed E-state index contributed by atoms with van der Waals surface area (Å²) >= 11 is 18.2. The monoisotopic (exact) mass is 433 g/mol. The first kappa shape index (κ1) is 20.2. The third-order valence-electron chi connectivity index (χ3n) is 3.83. The van der Waals surface area contributed by atoms with Gasteiger partial charge in [-0.05, 0) is 37.3 Å². The van der Waals surface area contributed by atoms with Crippen LogP contribution in [0.4, 0.5) is 5.69 Å². The maximum Gasteiger partial charge on any atom is 0.343 e. The number of aliphatic imine (C=N–C) groups is 1. The molecule has 3 rings (SSSR count). The number of carbonyl (C=O) groups excluding carboxylic acids is 1. The zero-order valence-corrected chi connectivity index (χ0v) is 16.9. The quantitative estimate of drug-likeness (QED) is 0.285. The van der Waals surface area contributed by atoms with Crippen molar-refractivity contribution >= 4 is 52.7 Å². The molecule has 0 aliphatic carbocycles. The number of benzene rings is 3. The van der Waals surface area contributed by atoms with Gasteiger partial charge in [0, 0.05) is 22.9 Å². The van der Waals surface area contributed by atoms with Gasteiger partial charge in [-0.3, -0.25) is 4.99 Å². The molecule has 0 bridgehead atoms. The predicted octanol–water partition coefficient (Wildman–Crippen LogP) is 6.63. The SMILES string of the molecule is Cc1ccc(C(=O)Oc2cc(Cl)cc(C=Nc3cccc(Cl)c3Cl)c2O)cc1. The lowest BCUT2D eigenvalue weighted by molar-refractivity contribution is 0.0729. The fraction of sp³-hybridized carbons (Fsp3) is 0.0476. The first-order valence-corrected chi connectivity index (χ1v) is 9.28. The van der Waals surface area contributed by atoms with Crippen LogP contribution in [0.1, 0.15) is 21.5 Å². The number of halogens is 3. The summed E-state index contributed by atoms with van der Waals surface area (Å²) in [5, 5.41) is 11.4. The first-order chi connectivity index (χ1) is 13.3. The van der Waals surface area contributed by atoms with Gasteiger partial charge in [0.05, 0.1) is 21.3 Å². The molecule has 1 N–H and O–H groups in total. The molecule has 0 aliphatic rings. The van der Waals surface area contributed by atoms with Gasteiger partial charge in [-0.2, -0.15) is 0 Å². The molecule has 0 fully saturated rings. The largest absolute Gasteiger partial charge is 0.504 e. The Morgan fingerprint density at radius 3 is 2.50 bits per heavy atom. The summed E-state index contributed by atoms with van der Waals surface area (Å²) in [7, 11) is 0. The van der Waals surface area contributed by atoms with E-state index in [1.54, 1.807) is 42.5 Å². The Morgan fingerprint density at radius 1 is 1.07 bits per heavy atom. The van der Waals surface area contributed by atoms with Crippen LogP contribution in [0.2, 0.25) is 15.1 Å². The molecule has 0 saturated heterocycles. The fourth-order valence-electron chi connectivity index (χ4n) is 2.35. The second-order valence-corrected chi connectivity index (χ2v) is 7.15. The topological polar surface area (TPSA) is 58.9 Å². The van der Waals surface area contributed by atoms with Gasteiger partial charge in [0.25, 0.3) is 0 Å². The summed E-state index contributed by atoms with van der Waals surface area (Å²) in [6.45, 7) is 1.91. The lowest BCUT2D eigenvalue weighted by Gasteiger charge is -2.09. The van der Waals surface area contributed by atoms with Crippen LogP contribution in [-0.2, 0) is 0 Å². The number of carbonyl (C=O) groups is 1. The van der Waals surface area contributed by atoms with Crippen molar-refractivity contribution in [1.82, 2.24) is 0 Å². The van der Waals surface area contributed by atoms with E-state index in [1.165, 1.54) is 18.3 Å². The Morgan fingerprint density at radius 2 is 1.79 bits per heavy atom. The highest BCUT2D eigenvalue weighted by atomic mass is 35.5. The third kappa shape index (κ3) is 4.65. The van der Waals surface area contributed by atoms with Gasteiger partial charge in [-0.1, -0.05) is 58.6 Å². The maximum absolute atomic E-state index is 12.3. The Balaban J connectivity index is 1.89. The summed E-state index contributed by atoms with van der Waals surface area (Å²) in [4.78, 5) is 16.5. The molecule has 4 nitrogen and oxygen atoms in total. The summed E-state index contributed by atoms with van der Waals surface area (Å²) in [5.74, 6) is -0.957. The number of phenols is 1. The second kappa shape index (κ2) is 8.65. The number of ether oxygens (including phenoxy) is 1. The van der Waals surface area contributed by atoms with Crippen LogP contribution in [0.3, 0.4) is 0 Å². The minimum Gasteiger partial charge on any atom is -0.504 e. The zero-order valence-electron chi connectivity index (χ0n) is 14.6. The molecule has 142 valence electrons. The van der Waals surface area contributed by atoms with Crippen molar-refractivity contribution in [1.29, 1.82) is 0 Å². The Kier molecular flexibility index (Phi) is 6.25. The van der Waals surface area contributed by atoms with Crippen LogP contribution in [0.25, 0.3) is 0 Å². The highest BCUT2D eigenvalue weighted by molar-refractivity contribution is 6.43. The Hall–Kier alpha value is -2.53. The van der Waals surface area contributed by atoms with Crippen molar-refractivity contribution in [2.75, 3.05) is 0 Å². The lowest BCUT2D eigenvalue weighted by Crippen LogP contribution is -2.09. The molecular formula is C21H14Cl3NO3. The maximum atomic E-state index is 12.3. The van der Waals surface area contributed by atoms with Gasteiger partial charge in [0.2, 0.25) is 0 Å². The van der Waals surface area contributed by atoms with Crippen molar-refractivity contribution in [3.8, 4) is 11.5 Å². The molecule has 0 atom stereocenters. The second-order valence-electron chi connectivity index (χ2n) is 5.93. The van der Waals surface area contributed by atoms with Crippen LogP contribution < -0.4 is 4.74 Å². The first-order valence-electron chi connectivity index (χ1n) is 8.14. The van der Waals surface area contributed by atoms with Crippen molar-refractivity contribution in [3.63, 3.8) is 0 Å². The van der Waals surface area contributed by atoms with Crippen LogP contribution in [-0.4, -0.2) is 17.3 Å². The van der Waals surface area contributed by atoms with Gasteiger partial charge in [-0.25, -0.2) is 4.79 Å². The molecule has 0 unspecified atom stereocenters.